The first kappa shape index (κ1) is 13.1. The normalized spacial score (nSPS) is 13.8. The second kappa shape index (κ2) is 4.92. The largest absolute Gasteiger partial charge is 0.479 e. The Morgan fingerprint density at radius 3 is 2.59 bits per heavy atom. The summed E-state index contributed by atoms with van der Waals surface area (Å²) < 4.78 is 0. The highest BCUT2D eigenvalue weighted by molar-refractivity contribution is 5.94. The zero-order valence-electron chi connectivity index (χ0n) is 9.60. The minimum absolute atomic E-state index is 0.316. The van der Waals surface area contributed by atoms with Gasteiger partial charge in [0, 0.05) is 11.9 Å². The third kappa shape index (κ3) is 3.53. The predicted molar refractivity (Wildman–Crippen MR) is 59.6 cm³/mol. The molecule has 1 unspecified atom stereocenters. The van der Waals surface area contributed by atoms with E-state index in [0.29, 0.717) is 5.56 Å². The lowest BCUT2D eigenvalue weighted by molar-refractivity contribution is -0.155. The zero-order chi connectivity index (χ0) is 13.1. The Bertz CT molecular complexity index is 426. The van der Waals surface area contributed by atoms with Gasteiger partial charge in [0.05, 0.1) is 12.1 Å². The van der Waals surface area contributed by atoms with Crippen molar-refractivity contribution in [1.82, 2.24) is 10.3 Å². The van der Waals surface area contributed by atoms with Crippen molar-refractivity contribution in [3.63, 3.8) is 0 Å². The van der Waals surface area contributed by atoms with E-state index >= 15 is 0 Å². The molecule has 3 N–H and O–H groups in total. The molecule has 0 saturated carbocycles. The van der Waals surface area contributed by atoms with E-state index in [4.69, 9.17) is 5.11 Å². The van der Waals surface area contributed by atoms with E-state index in [0.717, 1.165) is 12.6 Å². The molecule has 6 nitrogen and oxygen atoms in total. The van der Waals surface area contributed by atoms with Crippen molar-refractivity contribution in [1.29, 1.82) is 0 Å². The molecule has 0 aliphatic rings. The molecule has 0 fully saturated rings. The molecule has 0 radical (unpaired) electrons. The van der Waals surface area contributed by atoms with Crippen LogP contribution in [-0.2, 0) is 4.79 Å². The first-order valence-electron chi connectivity index (χ1n) is 4.99. The number of pyridine rings is 1. The topological polar surface area (TPSA) is 99.5 Å². The van der Waals surface area contributed by atoms with Crippen LogP contribution in [0.15, 0.2) is 18.3 Å². The molecule has 0 saturated heterocycles. The van der Waals surface area contributed by atoms with Crippen molar-refractivity contribution in [3.8, 4) is 0 Å². The number of carbonyl (C=O) groups is 2. The number of hydrogen-bond donors (Lipinski definition) is 3. The highest BCUT2D eigenvalue weighted by Gasteiger charge is 2.30. The summed E-state index contributed by atoms with van der Waals surface area (Å²) in [4.78, 5) is 26.1. The number of aryl methyl sites for hydroxylation is 1. The summed E-state index contributed by atoms with van der Waals surface area (Å²) in [5.41, 5.74) is -0.885. The van der Waals surface area contributed by atoms with E-state index in [1.54, 1.807) is 19.1 Å². The average Bonchev–Trinajstić information content (AvgIpc) is 2.27. The van der Waals surface area contributed by atoms with Gasteiger partial charge in [0.25, 0.3) is 5.91 Å². The van der Waals surface area contributed by atoms with Gasteiger partial charge in [-0.1, -0.05) is 0 Å². The number of carbonyl (C=O) groups excluding carboxylic acids is 1. The lowest BCUT2D eigenvalue weighted by atomic mass is 10.1. The number of aliphatic carboxylic acids is 1. The molecule has 0 aromatic carbocycles. The Balaban J connectivity index is 2.62. The molecule has 1 aromatic heterocycles. The third-order valence-electron chi connectivity index (χ3n) is 2.23. The van der Waals surface area contributed by atoms with Crippen LogP contribution in [0, 0.1) is 6.92 Å². The fraction of sp³-hybridized carbons (Fsp3) is 0.364. The fourth-order valence-electron chi connectivity index (χ4n) is 1.03. The van der Waals surface area contributed by atoms with Crippen LogP contribution in [-0.4, -0.2) is 39.2 Å². The van der Waals surface area contributed by atoms with Gasteiger partial charge in [-0.15, -0.1) is 0 Å². The van der Waals surface area contributed by atoms with Crippen molar-refractivity contribution in [2.24, 2.45) is 0 Å². The molecule has 0 bridgehead atoms. The molecule has 1 atom stereocenters. The molecule has 1 heterocycles. The maximum absolute atomic E-state index is 11.6. The molecule has 0 aliphatic carbocycles. The molecule has 0 aliphatic heterocycles. The summed E-state index contributed by atoms with van der Waals surface area (Å²) in [5.74, 6) is -1.86. The fourth-order valence-corrected chi connectivity index (χ4v) is 1.03. The van der Waals surface area contributed by atoms with Crippen LogP contribution in [0.3, 0.4) is 0 Å². The number of hydrogen-bond acceptors (Lipinski definition) is 4. The number of aromatic nitrogens is 1. The van der Waals surface area contributed by atoms with Crippen LogP contribution in [0.2, 0.25) is 0 Å². The number of carboxylic acids is 1. The van der Waals surface area contributed by atoms with Gasteiger partial charge in [0.2, 0.25) is 0 Å². The average molecular weight is 238 g/mol. The molecule has 6 heteroatoms. The highest BCUT2D eigenvalue weighted by atomic mass is 16.4. The monoisotopic (exact) mass is 238 g/mol. The number of nitrogens with zero attached hydrogens (tertiary/aromatic N) is 1. The molecule has 92 valence electrons. The minimum Gasteiger partial charge on any atom is -0.479 e. The van der Waals surface area contributed by atoms with Crippen molar-refractivity contribution >= 4 is 11.9 Å². The Morgan fingerprint density at radius 1 is 1.47 bits per heavy atom. The Labute approximate surface area is 98.3 Å². The zero-order valence-corrected chi connectivity index (χ0v) is 9.60. The minimum atomic E-state index is -1.98. The van der Waals surface area contributed by atoms with Gasteiger partial charge >= 0.3 is 5.97 Å². The SMILES string of the molecule is Cc1ccc(C(=O)NCC(C)(O)C(=O)O)cn1. The molecule has 1 aromatic rings. The van der Waals surface area contributed by atoms with E-state index in [2.05, 4.69) is 10.3 Å². The van der Waals surface area contributed by atoms with Crippen molar-refractivity contribution in [3.05, 3.63) is 29.6 Å². The van der Waals surface area contributed by atoms with Gasteiger partial charge in [-0.3, -0.25) is 9.78 Å². The van der Waals surface area contributed by atoms with Crippen LogP contribution in [0.5, 0.6) is 0 Å². The standard InChI is InChI=1S/C11H14N2O4/c1-7-3-4-8(5-12-7)9(14)13-6-11(2,17)10(15)16/h3-5,17H,6H2,1-2H3,(H,13,14)(H,15,16). The second-order valence-corrected chi connectivity index (χ2v) is 3.95. The summed E-state index contributed by atoms with van der Waals surface area (Å²) in [6.45, 7) is 2.54. The lowest BCUT2D eigenvalue weighted by Crippen LogP contribution is -2.46. The second-order valence-electron chi connectivity index (χ2n) is 3.95. The van der Waals surface area contributed by atoms with E-state index in [1.807, 2.05) is 0 Å². The summed E-state index contributed by atoms with van der Waals surface area (Å²) in [6, 6.07) is 3.25. The predicted octanol–water partition coefficient (Wildman–Crippen LogP) is -0.0446. The summed E-state index contributed by atoms with van der Waals surface area (Å²) >= 11 is 0. The Hall–Kier alpha value is -1.95. The van der Waals surface area contributed by atoms with E-state index < -0.39 is 17.5 Å². The number of nitrogens with one attached hydrogen (secondary N) is 1. The maximum Gasteiger partial charge on any atom is 0.337 e. The van der Waals surface area contributed by atoms with Gasteiger partial charge in [-0.2, -0.15) is 0 Å². The van der Waals surface area contributed by atoms with Crippen LogP contribution in [0.4, 0.5) is 0 Å². The smallest absolute Gasteiger partial charge is 0.337 e. The van der Waals surface area contributed by atoms with Crippen LogP contribution < -0.4 is 5.32 Å². The molecular formula is C11H14N2O4. The van der Waals surface area contributed by atoms with Gasteiger partial charge in [0.15, 0.2) is 5.60 Å². The van der Waals surface area contributed by atoms with Crippen LogP contribution in [0.25, 0.3) is 0 Å². The molecule has 1 rings (SSSR count). The maximum atomic E-state index is 11.6. The summed E-state index contributed by atoms with van der Waals surface area (Å²) in [7, 11) is 0. The molecule has 0 spiro atoms. The quantitative estimate of drug-likeness (QED) is 0.683. The molecule has 1 amide bonds. The van der Waals surface area contributed by atoms with Crippen LogP contribution >= 0.6 is 0 Å². The molecule has 17 heavy (non-hydrogen) atoms. The van der Waals surface area contributed by atoms with Gasteiger partial charge in [-0.25, -0.2) is 4.79 Å². The first-order chi connectivity index (χ1) is 7.83. The summed E-state index contributed by atoms with van der Waals surface area (Å²) in [5, 5.41) is 20.4. The number of rotatable bonds is 4. The lowest BCUT2D eigenvalue weighted by Gasteiger charge is -2.18. The first-order valence-corrected chi connectivity index (χ1v) is 4.99. The highest BCUT2D eigenvalue weighted by Crippen LogP contribution is 2.03. The van der Waals surface area contributed by atoms with Crippen LogP contribution in [0.1, 0.15) is 23.0 Å². The summed E-state index contributed by atoms with van der Waals surface area (Å²) in [6.07, 6.45) is 1.39. The van der Waals surface area contributed by atoms with Crippen molar-refractivity contribution < 1.29 is 19.8 Å². The van der Waals surface area contributed by atoms with Crippen molar-refractivity contribution in [2.45, 2.75) is 19.4 Å². The number of aliphatic hydroxyl groups is 1. The van der Waals surface area contributed by atoms with Gasteiger partial charge < -0.3 is 15.5 Å². The Morgan fingerprint density at radius 2 is 2.12 bits per heavy atom. The number of amides is 1. The van der Waals surface area contributed by atoms with E-state index in [-0.39, 0.29) is 6.54 Å². The van der Waals surface area contributed by atoms with Gasteiger partial charge in [-0.05, 0) is 26.0 Å². The van der Waals surface area contributed by atoms with Gasteiger partial charge in [0.1, 0.15) is 0 Å². The van der Waals surface area contributed by atoms with E-state index in [9.17, 15) is 14.7 Å². The van der Waals surface area contributed by atoms with Crippen molar-refractivity contribution in [2.75, 3.05) is 6.54 Å². The number of carboxylic acid groups (broad SMARTS) is 1. The third-order valence-corrected chi connectivity index (χ3v) is 2.23. The Kier molecular flexibility index (Phi) is 3.80. The van der Waals surface area contributed by atoms with E-state index in [1.165, 1.54) is 6.20 Å². The molecular weight excluding hydrogens is 224 g/mol.